The molecule has 2 aliphatic heterocycles. The first-order chi connectivity index (χ1) is 14.1. The van der Waals surface area contributed by atoms with Gasteiger partial charge in [0, 0.05) is 25.8 Å². The first kappa shape index (κ1) is 17.8. The third kappa shape index (κ3) is 3.24. The Bertz CT molecular complexity index is 1030. The number of hydrogen-bond donors (Lipinski definition) is 0. The van der Waals surface area contributed by atoms with Gasteiger partial charge in [-0.15, -0.1) is 0 Å². The van der Waals surface area contributed by atoms with E-state index in [1.54, 1.807) is 11.1 Å². The highest BCUT2D eigenvalue weighted by Gasteiger charge is 2.51. The Kier molecular flexibility index (Phi) is 4.26. The highest BCUT2D eigenvalue weighted by Crippen LogP contribution is 2.41. The van der Waals surface area contributed by atoms with Gasteiger partial charge >= 0.3 is 0 Å². The maximum atomic E-state index is 13.1. The summed E-state index contributed by atoms with van der Waals surface area (Å²) in [6.07, 6.45) is 3.24. The highest BCUT2D eigenvalue weighted by molar-refractivity contribution is 5.87. The van der Waals surface area contributed by atoms with Crippen LogP contribution in [0.1, 0.15) is 18.5 Å². The van der Waals surface area contributed by atoms with Crippen molar-refractivity contribution < 1.29 is 9.59 Å². The molecule has 1 atom stereocenters. The zero-order valence-electron chi connectivity index (χ0n) is 16.1. The fourth-order valence-electron chi connectivity index (χ4n) is 4.39. The molecule has 5 rings (SSSR count). The van der Waals surface area contributed by atoms with Crippen LogP contribution in [-0.2, 0) is 22.7 Å². The Labute approximate surface area is 168 Å². The number of benzene rings is 1. The molecule has 8 nitrogen and oxygen atoms in total. The molecule has 1 aromatic carbocycles. The molecular weight excluding hydrogens is 368 g/mol. The van der Waals surface area contributed by atoms with Crippen LogP contribution in [-0.4, -0.2) is 61.2 Å². The van der Waals surface area contributed by atoms with Crippen molar-refractivity contribution in [3.63, 3.8) is 0 Å². The van der Waals surface area contributed by atoms with E-state index in [0.29, 0.717) is 32.6 Å². The highest BCUT2D eigenvalue weighted by atomic mass is 16.2. The quantitative estimate of drug-likeness (QED) is 0.674. The summed E-state index contributed by atoms with van der Waals surface area (Å²) in [4.78, 5) is 35.3. The fourth-order valence-corrected chi connectivity index (χ4v) is 4.39. The molecular formula is C21H22N6O2. The van der Waals surface area contributed by atoms with E-state index in [9.17, 15) is 9.59 Å². The summed E-state index contributed by atoms with van der Waals surface area (Å²) < 4.78 is 0. The number of fused-ring (bicyclic) bond motifs is 1. The molecule has 2 aromatic heterocycles. The minimum absolute atomic E-state index is 0.0434. The minimum atomic E-state index is -0.452. The maximum absolute atomic E-state index is 13.1. The van der Waals surface area contributed by atoms with Gasteiger partial charge in [-0.3, -0.25) is 14.6 Å². The van der Waals surface area contributed by atoms with Crippen LogP contribution in [0, 0.1) is 5.41 Å². The van der Waals surface area contributed by atoms with Crippen molar-refractivity contribution in [2.75, 3.05) is 19.6 Å². The maximum Gasteiger partial charge on any atom is 0.246 e. The van der Waals surface area contributed by atoms with Crippen molar-refractivity contribution in [1.29, 1.82) is 0 Å². The largest absolute Gasteiger partial charge is 0.340 e. The molecule has 1 unspecified atom stereocenters. The molecule has 0 radical (unpaired) electrons. The van der Waals surface area contributed by atoms with Crippen LogP contribution in [0.25, 0.3) is 11.0 Å². The standard InChI is InChI=1S/C21H22N6O2/c28-19(14-27-23-17-6-1-2-7-18(17)24-27)26-12-9-21(15-26)8-11-25(20(21)29)13-16-5-3-4-10-22-16/h1-7,10H,8-9,11-15H2. The number of likely N-dealkylation sites (tertiary alicyclic amines) is 2. The van der Waals surface area contributed by atoms with Gasteiger partial charge in [-0.05, 0) is 37.1 Å². The second kappa shape index (κ2) is 6.95. The lowest BCUT2D eigenvalue weighted by Crippen LogP contribution is -2.39. The van der Waals surface area contributed by atoms with Gasteiger partial charge in [-0.2, -0.15) is 15.0 Å². The number of pyridine rings is 1. The number of aromatic nitrogens is 4. The van der Waals surface area contributed by atoms with Crippen LogP contribution in [0.3, 0.4) is 0 Å². The van der Waals surface area contributed by atoms with Crippen molar-refractivity contribution in [1.82, 2.24) is 29.8 Å². The summed E-state index contributed by atoms with van der Waals surface area (Å²) in [5.74, 6) is 0.0968. The van der Waals surface area contributed by atoms with Crippen LogP contribution >= 0.6 is 0 Å². The van der Waals surface area contributed by atoms with Gasteiger partial charge < -0.3 is 9.80 Å². The van der Waals surface area contributed by atoms with Crippen LogP contribution in [0.15, 0.2) is 48.7 Å². The van der Waals surface area contributed by atoms with E-state index in [4.69, 9.17) is 0 Å². The smallest absolute Gasteiger partial charge is 0.246 e. The van der Waals surface area contributed by atoms with Crippen LogP contribution in [0.4, 0.5) is 0 Å². The number of hydrogen-bond acceptors (Lipinski definition) is 5. The predicted molar refractivity (Wildman–Crippen MR) is 105 cm³/mol. The molecule has 0 bridgehead atoms. The number of carbonyl (C=O) groups is 2. The van der Waals surface area contributed by atoms with Crippen molar-refractivity contribution in [3.8, 4) is 0 Å². The SMILES string of the molecule is O=C(Cn1nc2ccccc2n1)N1CCC2(CCN(Cc3ccccn3)C2=O)C1. The van der Waals surface area contributed by atoms with E-state index in [1.165, 1.54) is 4.80 Å². The first-order valence-electron chi connectivity index (χ1n) is 9.90. The summed E-state index contributed by atoms with van der Waals surface area (Å²) in [7, 11) is 0. The van der Waals surface area contributed by atoms with E-state index in [0.717, 1.165) is 23.1 Å². The molecule has 148 valence electrons. The molecule has 29 heavy (non-hydrogen) atoms. The van der Waals surface area contributed by atoms with Gasteiger partial charge in [0.1, 0.15) is 17.6 Å². The molecule has 0 aliphatic carbocycles. The topological polar surface area (TPSA) is 84.2 Å². The minimum Gasteiger partial charge on any atom is -0.340 e. The van der Waals surface area contributed by atoms with Gasteiger partial charge in [0.25, 0.3) is 0 Å². The number of amides is 2. The fraction of sp³-hybridized carbons (Fsp3) is 0.381. The lowest BCUT2D eigenvalue weighted by atomic mass is 9.85. The van der Waals surface area contributed by atoms with Crippen LogP contribution in [0.5, 0.6) is 0 Å². The van der Waals surface area contributed by atoms with Crippen molar-refractivity contribution in [3.05, 3.63) is 54.4 Å². The predicted octanol–water partition coefficient (Wildman–Crippen LogP) is 1.48. The molecule has 4 heterocycles. The van der Waals surface area contributed by atoms with Gasteiger partial charge in [-0.25, -0.2) is 0 Å². The third-order valence-electron chi connectivity index (χ3n) is 5.99. The second-order valence-electron chi connectivity index (χ2n) is 7.86. The molecule has 2 fully saturated rings. The summed E-state index contributed by atoms with van der Waals surface area (Å²) >= 11 is 0. The second-order valence-corrected chi connectivity index (χ2v) is 7.86. The van der Waals surface area contributed by atoms with E-state index < -0.39 is 5.41 Å². The van der Waals surface area contributed by atoms with Gasteiger partial charge in [0.05, 0.1) is 17.7 Å². The summed E-state index contributed by atoms with van der Waals surface area (Å²) in [6, 6.07) is 13.3. The van der Waals surface area contributed by atoms with E-state index in [-0.39, 0.29) is 18.4 Å². The Morgan fingerprint density at radius 2 is 1.72 bits per heavy atom. The van der Waals surface area contributed by atoms with Crippen molar-refractivity contribution in [2.24, 2.45) is 5.41 Å². The van der Waals surface area contributed by atoms with Gasteiger partial charge in [0.15, 0.2) is 0 Å². The Morgan fingerprint density at radius 3 is 2.45 bits per heavy atom. The Morgan fingerprint density at radius 1 is 1.00 bits per heavy atom. The number of rotatable bonds is 4. The summed E-state index contributed by atoms with van der Waals surface area (Å²) in [5, 5.41) is 8.73. The van der Waals surface area contributed by atoms with Crippen LogP contribution in [0.2, 0.25) is 0 Å². The monoisotopic (exact) mass is 390 g/mol. The zero-order valence-corrected chi connectivity index (χ0v) is 16.1. The Balaban J connectivity index is 1.24. The van der Waals surface area contributed by atoms with Crippen LogP contribution < -0.4 is 0 Å². The molecule has 1 spiro atoms. The average molecular weight is 390 g/mol. The molecule has 3 aromatic rings. The first-order valence-corrected chi connectivity index (χ1v) is 9.90. The van der Waals surface area contributed by atoms with E-state index >= 15 is 0 Å². The van der Waals surface area contributed by atoms with E-state index in [1.807, 2.05) is 47.4 Å². The Hall–Kier alpha value is -3.29. The van der Waals surface area contributed by atoms with Gasteiger partial charge in [0.2, 0.25) is 11.8 Å². The number of nitrogens with zero attached hydrogens (tertiary/aromatic N) is 6. The summed E-state index contributed by atoms with van der Waals surface area (Å²) in [6.45, 7) is 2.41. The zero-order chi connectivity index (χ0) is 19.8. The number of carbonyl (C=O) groups excluding carboxylic acids is 2. The summed E-state index contributed by atoms with van der Waals surface area (Å²) in [5.41, 5.74) is 1.98. The molecule has 2 saturated heterocycles. The van der Waals surface area contributed by atoms with E-state index in [2.05, 4.69) is 15.2 Å². The van der Waals surface area contributed by atoms with Crippen molar-refractivity contribution in [2.45, 2.75) is 25.9 Å². The lowest BCUT2D eigenvalue weighted by Gasteiger charge is -2.23. The molecule has 0 N–H and O–H groups in total. The normalized spacial score (nSPS) is 21.6. The lowest BCUT2D eigenvalue weighted by molar-refractivity contribution is -0.137. The molecule has 2 amide bonds. The average Bonchev–Trinajstić information content (AvgIpc) is 3.43. The third-order valence-corrected chi connectivity index (χ3v) is 5.99. The van der Waals surface area contributed by atoms with Crippen molar-refractivity contribution >= 4 is 22.8 Å². The molecule has 0 saturated carbocycles. The molecule has 2 aliphatic rings. The van der Waals surface area contributed by atoms with Gasteiger partial charge in [-0.1, -0.05) is 18.2 Å². The molecule has 8 heteroatoms.